The van der Waals surface area contributed by atoms with E-state index in [2.05, 4.69) is 0 Å². The van der Waals surface area contributed by atoms with Gasteiger partial charge >= 0.3 is 0 Å². The van der Waals surface area contributed by atoms with Gasteiger partial charge in [-0.3, -0.25) is 14.4 Å². The Morgan fingerprint density at radius 3 is 1.90 bits per heavy atom. The van der Waals surface area contributed by atoms with Gasteiger partial charge in [-0.2, -0.15) is 0 Å². The van der Waals surface area contributed by atoms with Crippen molar-refractivity contribution >= 4 is 17.3 Å². The minimum absolute atomic E-state index is 0.0534. The number of hydrogen-bond acceptors (Lipinski definition) is 3. The van der Waals surface area contributed by atoms with Crippen molar-refractivity contribution in [2.75, 3.05) is 0 Å². The molecule has 0 aromatic rings. The van der Waals surface area contributed by atoms with Crippen molar-refractivity contribution in [3.05, 3.63) is 0 Å². The highest BCUT2D eigenvalue weighted by molar-refractivity contribution is 6.64. The monoisotopic (exact) mass is 140 g/mol. The van der Waals surface area contributed by atoms with Crippen molar-refractivity contribution in [3.63, 3.8) is 0 Å². The van der Waals surface area contributed by atoms with Gasteiger partial charge in [0.2, 0.25) is 11.6 Å². The highest BCUT2D eigenvalue weighted by Gasteiger charge is 2.30. The molecule has 0 heterocycles. The molecule has 1 aliphatic carbocycles. The van der Waals surface area contributed by atoms with Crippen LogP contribution in [0.3, 0.4) is 0 Å². The summed E-state index contributed by atoms with van der Waals surface area (Å²) in [5, 5.41) is 0. The van der Waals surface area contributed by atoms with Crippen LogP contribution in [0.5, 0.6) is 0 Å². The van der Waals surface area contributed by atoms with Crippen LogP contribution in [0.1, 0.15) is 19.8 Å². The van der Waals surface area contributed by atoms with Crippen molar-refractivity contribution in [2.45, 2.75) is 19.8 Å². The van der Waals surface area contributed by atoms with E-state index in [-0.39, 0.29) is 18.8 Å². The maximum atomic E-state index is 10.6. The number of Topliss-reactive ketones (excluding diaryl/α,β-unsaturated/α-hetero) is 3. The van der Waals surface area contributed by atoms with Crippen LogP contribution in [0.2, 0.25) is 0 Å². The Kier molecular flexibility index (Phi) is 1.66. The highest BCUT2D eigenvalue weighted by atomic mass is 16.2. The Morgan fingerprint density at radius 1 is 1.10 bits per heavy atom. The Hall–Kier alpha value is -0.990. The molecule has 0 amide bonds. The summed E-state index contributed by atoms with van der Waals surface area (Å²) in [5.74, 6) is -1.80. The second-order valence-corrected chi connectivity index (χ2v) is 2.69. The zero-order valence-corrected chi connectivity index (χ0v) is 5.72. The fourth-order valence-corrected chi connectivity index (χ4v) is 1.05. The summed E-state index contributed by atoms with van der Waals surface area (Å²) in [6.07, 6.45) is 0.481. The second kappa shape index (κ2) is 2.33. The SMILES string of the molecule is CC1CC(=O)C(=O)C(=O)C1. The van der Waals surface area contributed by atoms with Gasteiger partial charge < -0.3 is 0 Å². The van der Waals surface area contributed by atoms with Crippen LogP contribution >= 0.6 is 0 Å². The second-order valence-electron chi connectivity index (χ2n) is 2.69. The minimum Gasteiger partial charge on any atom is -0.290 e. The number of carbonyl (C=O) groups is 3. The summed E-state index contributed by atoms with van der Waals surface area (Å²) in [5.41, 5.74) is 0. The van der Waals surface area contributed by atoms with Gasteiger partial charge in [0.25, 0.3) is 5.78 Å². The molecule has 0 atom stereocenters. The largest absolute Gasteiger partial charge is 0.290 e. The van der Waals surface area contributed by atoms with Gasteiger partial charge in [0.1, 0.15) is 0 Å². The third kappa shape index (κ3) is 1.12. The first-order valence-corrected chi connectivity index (χ1v) is 3.21. The van der Waals surface area contributed by atoms with Crippen LogP contribution in [0.4, 0.5) is 0 Å². The predicted octanol–water partition coefficient (Wildman–Crippen LogP) is 0.124. The highest BCUT2D eigenvalue weighted by Crippen LogP contribution is 2.14. The van der Waals surface area contributed by atoms with Crippen LogP contribution in [0.15, 0.2) is 0 Å². The van der Waals surface area contributed by atoms with E-state index in [4.69, 9.17) is 0 Å². The molecule has 1 aliphatic rings. The molecule has 3 nitrogen and oxygen atoms in total. The molecule has 3 heteroatoms. The van der Waals surface area contributed by atoms with E-state index in [1.165, 1.54) is 0 Å². The number of rotatable bonds is 0. The van der Waals surface area contributed by atoms with Gasteiger partial charge in [-0.25, -0.2) is 0 Å². The molecule has 1 saturated carbocycles. The van der Waals surface area contributed by atoms with E-state index in [9.17, 15) is 14.4 Å². The maximum absolute atomic E-state index is 10.6. The first-order chi connectivity index (χ1) is 4.61. The molecule has 0 aromatic heterocycles. The molecule has 0 radical (unpaired) electrons. The summed E-state index contributed by atoms with van der Waals surface area (Å²) < 4.78 is 0. The molecule has 54 valence electrons. The quantitative estimate of drug-likeness (QED) is 0.449. The summed E-state index contributed by atoms with van der Waals surface area (Å²) in [7, 11) is 0. The van der Waals surface area contributed by atoms with Crippen LogP contribution in [0.25, 0.3) is 0 Å². The Bertz CT molecular complexity index is 185. The van der Waals surface area contributed by atoms with Crippen molar-refractivity contribution < 1.29 is 14.4 Å². The van der Waals surface area contributed by atoms with E-state index in [0.29, 0.717) is 0 Å². The van der Waals surface area contributed by atoms with E-state index in [0.717, 1.165) is 0 Å². The number of hydrogen-bond donors (Lipinski definition) is 0. The maximum Gasteiger partial charge on any atom is 0.264 e. The molecule has 0 spiro atoms. The summed E-state index contributed by atoms with van der Waals surface area (Å²) in [4.78, 5) is 31.9. The molecule has 0 aliphatic heterocycles. The molecular formula is C7H8O3. The average molecular weight is 140 g/mol. The summed E-state index contributed by atoms with van der Waals surface area (Å²) in [6.45, 7) is 1.79. The van der Waals surface area contributed by atoms with Crippen LogP contribution in [-0.2, 0) is 14.4 Å². The Labute approximate surface area is 58.4 Å². The fraction of sp³-hybridized carbons (Fsp3) is 0.571. The number of ketones is 3. The molecule has 0 saturated heterocycles. The predicted molar refractivity (Wildman–Crippen MR) is 33.4 cm³/mol. The molecule has 0 bridgehead atoms. The third-order valence-corrected chi connectivity index (χ3v) is 1.57. The standard InChI is InChI=1S/C7H8O3/c1-4-2-5(8)7(10)6(9)3-4/h4H,2-3H2,1H3. The third-order valence-electron chi connectivity index (χ3n) is 1.57. The lowest BCUT2D eigenvalue weighted by molar-refractivity contribution is -0.146. The van der Waals surface area contributed by atoms with Gasteiger partial charge in [-0.15, -0.1) is 0 Å². The average Bonchev–Trinajstić information content (AvgIpc) is 1.82. The van der Waals surface area contributed by atoms with Crippen molar-refractivity contribution in [3.8, 4) is 0 Å². The molecule has 0 aromatic carbocycles. The Morgan fingerprint density at radius 2 is 1.50 bits per heavy atom. The van der Waals surface area contributed by atoms with E-state index in [1.54, 1.807) is 6.92 Å². The topological polar surface area (TPSA) is 51.2 Å². The van der Waals surface area contributed by atoms with Crippen molar-refractivity contribution in [2.24, 2.45) is 5.92 Å². The lowest BCUT2D eigenvalue weighted by atomic mass is 9.88. The van der Waals surface area contributed by atoms with Crippen LogP contribution < -0.4 is 0 Å². The molecule has 0 N–H and O–H groups in total. The summed E-state index contributed by atoms with van der Waals surface area (Å²) in [6, 6.07) is 0. The van der Waals surface area contributed by atoms with E-state index < -0.39 is 17.3 Å². The van der Waals surface area contributed by atoms with Crippen LogP contribution in [0, 0.1) is 5.92 Å². The first kappa shape index (κ1) is 7.12. The molecule has 1 fully saturated rings. The lowest BCUT2D eigenvalue weighted by Crippen LogP contribution is -2.32. The van der Waals surface area contributed by atoms with Gasteiger partial charge in [-0.1, -0.05) is 6.92 Å². The molecule has 1 rings (SSSR count). The fourth-order valence-electron chi connectivity index (χ4n) is 1.05. The molecular weight excluding hydrogens is 132 g/mol. The number of carbonyl (C=O) groups excluding carboxylic acids is 3. The van der Waals surface area contributed by atoms with Crippen molar-refractivity contribution in [1.82, 2.24) is 0 Å². The first-order valence-electron chi connectivity index (χ1n) is 3.21. The van der Waals surface area contributed by atoms with Crippen LogP contribution in [-0.4, -0.2) is 17.3 Å². The van der Waals surface area contributed by atoms with Crippen molar-refractivity contribution in [1.29, 1.82) is 0 Å². The molecule has 10 heavy (non-hydrogen) atoms. The van der Waals surface area contributed by atoms with E-state index >= 15 is 0 Å². The van der Waals surface area contributed by atoms with Gasteiger partial charge in [-0.05, 0) is 5.92 Å². The summed E-state index contributed by atoms with van der Waals surface area (Å²) >= 11 is 0. The Balaban J connectivity index is 2.76. The zero-order chi connectivity index (χ0) is 7.72. The normalized spacial score (nSPS) is 21.9. The van der Waals surface area contributed by atoms with E-state index in [1.807, 2.05) is 0 Å². The lowest BCUT2D eigenvalue weighted by Gasteiger charge is -2.12. The van der Waals surface area contributed by atoms with Gasteiger partial charge in [0.05, 0.1) is 0 Å². The zero-order valence-electron chi connectivity index (χ0n) is 5.72. The van der Waals surface area contributed by atoms with Gasteiger partial charge in [0, 0.05) is 12.8 Å². The smallest absolute Gasteiger partial charge is 0.264 e. The molecule has 0 unspecified atom stereocenters. The van der Waals surface area contributed by atoms with Gasteiger partial charge in [0.15, 0.2) is 0 Å². The minimum atomic E-state index is -0.807.